The summed E-state index contributed by atoms with van der Waals surface area (Å²) in [7, 11) is 0. The van der Waals surface area contributed by atoms with Gasteiger partial charge in [-0.25, -0.2) is 0 Å². The highest BCUT2D eigenvalue weighted by Crippen LogP contribution is 2.17. The standard InChI is InChI=1S/C5H4F6O2S/c6-4(7,8)1-12-3(14)13-2-5(9,10)11/h1-2H2. The Morgan fingerprint density at radius 1 is 0.857 bits per heavy atom. The number of halogens is 6. The second kappa shape index (κ2) is 4.67. The summed E-state index contributed by atoms with van der Waals surface area (Å²) in [4.78, 5) is 0. The third-order valence-corrected chi connectivity index (χ3v) is 0.943. The Morgan fingerprint density at radius 3 is 1.36 bits per heavy atom. The molecule has 0 aromatic rings. The first kappa shape index (κ1) is 13.3. The Balaban J connectivity index is 3.68. The zero-order valence-electron chi connectivity index (χ0n) is 6.41. The van der Waals surface area contributed by atoms with Gasteiger partial charge in [0.2, 0.25) is 0 Å². The minimum Gasteiger partial charge on any atom is -0.447 e. The van der Waals surface area contributed by atoms with Crippen molar-refractivity contribution in [2.75, 3.05) is 13.2 Å². The fraction of sp³-hybridized carbons (Fsp3) is 0.800. The van der Waals surface area contributed by atoms with Crippen LogP contribution < -0.4 is 0 Å². The number of thiocarbonyl (C=S) groups is 1. The van der Waals surface area contributed by atoms with Crippen LogP contribution in [0.25, 0.3) is 0 Å². The minimum atomic E-state index is -4.66. The van der Waals surface area contributed by atoms with Crippen LogP contribution in [0.2, 0.25) is 0 Å². The summed E-state index contributed by atoms with van der Waals surface area (Å²) < 4.78 is 75.9. The van der Waals surface area contributed by atoms with Gasteiger partial charge in [-0.1, -0.05) is 0 Å². The molecule has 0 saturated heterocycles. The predicted molar refractivity (Wildman–Crippen MR) is 36.6 cm³/mol. The first-order chi connectivity index (χ1) is 6.10. The van der Waals surface area contributed by atoms with E-state index in [2.05, 4.69) is 21.7 Å². The van der Waals surface area contributed by atoms with Crippen molar-refractivity contribution in [3.63, 3.8) is 0 Å². The fourth-order valence-electron chi connectivity index (χ4n) is 0.323. The van der Waals surface area contributed by atoms with E-state index in [4.69, 9.17) is 0 Å². The van der Waals surface area contributed by atoms with Crippen molar-refractivity contribution < 1.29 is 35.8 Å². The Hall–Kier alpha value is -0.730. The van der Waals surface area contributed by atoms with E-state index in [0.29, 0.717) is 0 Å². The monoisotopic (exact) mass is 242 g/mol. The van der Waals surface area contributed by atoms with Crippen LogP contribution in [-0.4, -0.2) is 30.8 Å². The molecule has 0 fully saturated rings. The van der Waals surface area contributed by atoms with Crippen molar-refractivity contribution in [3.05, 3.63) is 0 Å². The number of hydrogen-bond acceptors (Lipinski definition) is 3. The van der Waals surface area contributed by atoms with Gasteiger partial charge in [0.1, 0.15) is 0 Å². The van der Waals surface area contributed by atoms with E-state index in [0.717, 1.165) is 0 Å². The molecule has 0 heterocycles. The Labute approximate surface area is 79.8 Å². The molecule has 2 nitrogen and oxygen atoms in total. The summed E-state index contributed by atoms with van der Waals surface area (Å²) in [6.07, 6.45) is -9.32. The molecule has 0 N–H and O–H groups in total. The van der Waals surface area contributed by atoms with Crippen molar-refractivity contribution in [2.45, 2.75) is 12.4 Å². The molecule has 0 rings (SSSR count). The lowest BCUT2D eigenvalue weighted by molar-refractivity contribution is -0.172. The van der Waals surface area contributed by atoms with Crippen LogP contribution in [0.3, 0.4) is 0 Å². The van der Waals surface area contributed by atoms with Crippen LogP contribution in [0.1, 0.15) is 0 Å². The van der Waals surface area contributed by atoms with E-state index < -0.39 is 30.8 Å². The van der Waals surface area contributed by atoms with Gasteiger partial charge >= 0.3 is 17.6 Å². The molecule has 0 bridgehead atoms. The topological polar surface area (TPSA) is 18.5 Å². The van der Waals surface area contributed by atoms with Gasteiger partial charge in [0, 0.05) is 12.2 Å². The molecule has 0 aliphatic carbocycles. The Morgan fingerprint density at radius 2 is 1.14 bits per heavy atom. The van der Waals surface area contributed by atoms with E-state index in [1.165, 1.54) is 0 Å². The first-order valence-corrected chi connectivity index (χ1v) is 3.44. The maximum atomic E-state index is 11.4. The summed E-state index contributed by atoms with van der Waals surface area (Å²) in [6, 6.07) is 0. The lowest BCUT2D eigenvalue weighted by Gasteiger charge is -2.11. The van der Waals surface area contributed by atoms with Crippen LogP contribution in [-0.2, 0) is 9.47 Å². The van der Waals surface area contributed by atoms with Crippen LogP contribution in [0.15, 0.2) is 0 Å². The predicted octanol–water partition coefficient (Wildman–Crippen LogP) is 2.43. The smallest absolute Gasteiger partial charge is 0.422 e. The lowest BCUT2D eigenvalue weighted by atomic mass is 10.7. The maximum absolute atomic E-state index is 11.4. The zero-order chi connectivity index (χ0) is 11.4. The molecule has 0 spiro atoms. The second-order valence-corrected chi connectivity index (χ2v) is 2.39. The molecule has 0 aromatic carbocycles. The second-order valence-electron chi connectivity index (χ2n) is 2.06. The maximum Gasteiger partial charge on any atom is 0.422 e. The quantitative estimate of drug-likeness (QED) is 0.547. The van der Waals surface area contributed by atoms with Crippen LogP contribution in [0.4, 0.5) is 26.3 Å². The van der Waals surface area contributed by atoms with E-state index in [9.17, 15) is 26.3 Å². The van der Waals surface area contributed by atoms with E-state index in [1.54, 1.807) is 0 Å². The van der Waals surface area contributed by atoms with Gasteiger partial charge in [-0.05, 0) is 0 Å². The largest absolute Gasteiger partial charge is 0.447 e. The molecule has 84 valence electrons. The van der Waals surface area contributed by atoms with Crippen LogP contribution >= 0.6 is 12.2 Å². The van der Waals surface area contributed by atoms with Gasteiger partial charge in [0.15, 0.2) is 13.2 Å². The van der Waals surface area contributed by atoms with Gasteiger partial charge in [-0.3, -0.25) is 0 Å². The number of ether oxygens (including phenoxy) is 2. The molecular weight excluding hydrogens is 238 g/mol. The number of rotatable bonds is 2. The van der Waals surface area contributed by atoms with Gasteiger partial charge in [0.05, 0.1) is 0 Å². The molecule has 0 aliphatic heterocycles. The van der Waals surface area contributed by atoms with Crippen molar-refractivity contribution in [3.8, 4) is 0 Å². The first-order valence-electron chi connectivity index (χ1n) is 3.03. The van der Waals surface area contributed by atoms with Crippen molar-refractivity contribution >= 4 is 17.5 Å². The van der Waals surface area contributed by atoms with Gasteiger partial charge in [0.25, 0.3) is 0 Å². The van der Waals surface area contributed by atoms with Crippen molar-refractivity contribution in [2.24, 2.45) is 0 Å². The zero-order valence-corrected chi connectivity index (χ0v) is 7.22. The molecule has 0 aliphatic rings. The molecule has 0 aromatic heterocycles. The summed E-state index contributed by atoms with van der Waals surface area (Å²) in [5.74, 6) is 0. The fourth-order valence-corrected chi connectivity index (χ4v) is 0.441. The highest BCUT2D eigenvalue weighted by atomic mass is 32.1. The highest BCUT2D eigenvalue weighted by molar-refractivity contribution is 7.79. The molecular formula is C5H4F6O2S. The summed E-state index contributed by atoms with van der Waals surface area (Å²) >= 11 is 3.95. The average molecular weight is 242 g/mol. The number of hydrogen-bond donors (Lipinski definition) is 0. The minimum absolute atomic E-state index is 1.18. The molecule has 0 atom stereocenters. The molecule has 0 radical (unpaired) electrons. The molecule has 9 heteroatoms. The SMILES string of the molecule is FC(F)(F)COC(=S)OCC(F)(F)F. The van der Waals surface area contributed by atoms with E-state index in [-0.39, 0.29) is 0 Å². The van der Waals surface area contributed by atoms with Crippen LogP contribution in [0, 0.1) is 0 Å². The summed E-state index contributed by atoms with van der Waals surface area (Å²) in [6.45, 7) is -3.55. The van der Waals surface area contributed by atoms with E-state index in [1.807, 2.05) is 0 Å². The molecule has 0 saturated carbocycles. The van der Waals surface area contributed by atoms with E-state index >= 15 is 0 Å². The molecule has 0 unspecified atom stereocenters. The highest BCUT2D eigenvalue weighted by Gasteiger charge is 2.31. The third kappa shape index (κ3) is 9.36. The number of alkyl halides is 6. The normalized spacial score (nSPS) is 12.4. The van der Waals surface area contributed by atoms with Crippen molar-refractivity contribution in [1.82, 2.24) is 0 Å². The Kier molecular flexibility index (Phi) is 4.43. The van der Waals surface area contributed by atoms with Gasteiger partial charge in [-0.2, -0.15) is 26.3 Å². The summed E-state index contributed by atoms with van der Waals surface area (Å²) in [5.41, 5.74) is 0. The van der Waals surface area contributed by atoms with Gasteiger partial charge < -0.3 is 9.47 Å². The lowest BCUT2D eigenvalue weighted by Crippen LogP contribution is -2.24. The third-order valence-electron chi connectivity index (χ3n) is 0.707. The van der Waals surface area contributed by atoms with Crippen LogP contribution in [0.5, 0.6) is 0 Å². The summed E-state index contributed by atoms with van der Waals surface area (Å²) in [5, 5.41) is -1.18. The molecule has 14 heavy (non-hydrogen) atoms. The molecule has 0 amide bonds. The average Bonchev–Trinajstić information content (AvgIpc) is 1.94. The van der Waals surface area contributed by atoms with Gasteiger partial charge in [-0.15, -0.1) is 0 Å². The Bertz CT molecular complexity index is 177. The van der Waals surface area contributed by atoms with Crippen molar-refractivity contribution in [1.29, 1.82) is 0 Å².